The predicted octanol–water partition coefficient (Wildman–Crippen LogP) is 1.90. The van der Waals surface area contributed by atoms with Gasteiger partial charge >= 0.3 is 0 Å². The van der Waals surface area contributed by atoms with E-state index in [9.17, 15) is 4.39 Å². The third-order valence-corrected chi connectivity index (χ3v) is 1.81. The molecular formula is C9H8FN3S. The van der Waals surface area contributed by atoms with Crippen LogP contribution >= 0.6 is 12.2 Å². The van der Waals surface area contributed by atoms with Crippen molar-refractivity contribution >= 4 is 23.0 Å². The third-order valence-electron chi connectivity index (χ3n) is 1.61. The van der Waals surface area contributed by atoms with Crippen molar-refractivity contribution in [2.24, 2.45) is 0 Å². The molecule has 0 bridgehead atoms. The predicted molar refractivity (Wildman–Crippen MR) is 56.1 cm³/mol. The number of nitriles is 1. The summed E-state index contributed by atoms with van der Waals surface area (Å²) in [6.07, 6.45) is 1.69. The van der Waals surface area contributed by atoms with Crippen molar-refractivity contribution in [2.75, 3.05) is 5.32 Å². The standard InChI is InChI=1S/C9H8FN3S/c1-6-4-7(10)2-3-8(6)13-9(14)12-5-11/h2-4H,1H3,(H2,12,13,14). The number of rotatable bonds is 1. The zero-order valence-corrected chi connectivity index (χ0v) is 8.28. The summed E-state index contributed by atoms with van der Waals surface area (Å²) in [5.41, 5.74) is 1.41. The van der Waals surface area contributed by atoms with E-state index in [0.717, 1.165) is 5.56 Å². The molecule has 0 amide bonds. The highest BCUT2D eigenvalue weighted by Gasteiger charge is 2.01. The number of nitrogens with one attached hydrogen (secondary N) is 2. The van der Waals surface area contributed by atoms with Crippen LogP contribution in [0.15, 0.2) is 18.2 Å². The molecule has 1 rings (SSSR count). The lowest BCUT2D eigenvalue weighted by molar-refractivity contribution is 0.627. The Labute approximate surface area is 86.5 Å². The Bertz CT molecular complexity index is 398. The minimum Gasteiger partial charge on any atom is -0.332 e. The molecule has 1 aromatic rings. The number of benzene rings is 1. The fourth-order valence-electron chi connectivity index (χ4n) is 0.972. The van der Waals surface area contributed by atoms with E-state index < -0.39 is 0 Å². The molecule has 0 saturated heterocycles. The van der Waals surface area contributed by atoms with E-state index in [-0.39, 0.29) is 10.9 Å². The number of hydrogen-bond acceptors (Lipinski definition) is 2. The van der Waals surface area contributed by atoms with Crippen LogP contribution in [0, 0.1) is 24.2 Å². The first-order chi connectivity index (χ1) is 6.63. The number of hydrogen-bond donors (Lipinski definition) is 2. The topological polar surface area (TPSA) is 47.8 Å². The molecule has 0 spiro atoms. The molecule has 0 unspecified atom stereocenters. The summed E-state index contributed by atoms with van der Waals surface area (Å²) in [4.78, 5) is 0. The summed E-state index contributed by atoms with van der Waals surface area (Å²) in [5.74, 6) is -0.299. The number of thiocarbonyl (C=S) groups is 1. The number of halogens is 1. The SMILES string of the molecule is Cc1cc(F)ccc1NC(=S)NC#N. The van der Waals surface area contributed by atoms with Gasteiger partial charge in [-0.25, -0.2) is 4.39 Å². The van der Waals surface area contributed by atoms with Crippen LogP contribution in [0.3, 0.4) is 0 Å². The van der Waals surface area contributed by atoms with Gasteiger partial charge < -0.3 is 5.32 Å². The van der Waals surface area contributed by atoms with Gasteiger partial charge in [-0.1, -0.05) is 0 Å². The van der Waals surface area contributed by atoms with Crippen molar-refractivity contribution in [1.82, 2.24) is 5.32 Å². The summed E-state index contributed by atoms with van der Waals surface area (Å²) in [5, 5.41) is 13.5. The first-order valence-corrected chi connectivity index (χ1v) is 4.26. The molecule has 0 aliphatic carbocycles. The van der Waals surface area contributed by atoms with Gasteiger partial charge in [0.05, 0.1) is 0 Å². The van der Waals surface area contributed by atoms with Crippen LogP contribution in [0.25, 0.3) is 0 Å². The van der Waals surface area contributed by atoms with Crippen molar-refractivity contribution < 1.29 is 4.39 Å². The highest BCUT2D eigenvalue weighted by atomic mass is 32.1. The summed E-state index contributed by atoms with van der Waals surface area (Å²) in [6, 6.07) is 4.28. The van der Waals surface area contributed by atoms with Crippen LogP contribution in [0.5, 0.6) is 0 Å². The molecule has 0 aliphatic heterocycles. The highest BCUT2D eigenvalue weighted by molar-refractivity contribution is 7.80. The Morgan fingerprint density at radius 2 is 2.29 bits per heavy atom. The van der Waals surface area contributed by atoms with Crippen LogP contribution in [-0.2, 0) is 0 Å². The third kappa shape index (κ3) is 2.68. The molecule has 2 N–H and O–H groups in total. The van der Waals surface area contributed by atoms with Crippen LogP contribution < -0.4 is 10.6 Å². The van der Waals surface area contributed by atoms with Gasteiger partial charge in [0.25, 0.3) is 0 Å². The number of aryl methyl sites for hydroxylation is 1. The van der Waals surface area contributed by atoms with Gasteiger partial charge in [-0.15, -0.1) is 0 Å². The second-order valence-corrected chi connectivity index (χ2v) is 3.06. The zero-order valence-electron chi connectivity index (χ0n) is 7.47. The fraction of sp³-hybridized carbons (Fsp3) is 0.111. The lowest BCUT2D eigenvalue weighted by atomic mass is 10.2. The minimum atomic E-state index is -0.299. The Hall–Kier alpha value is -1.67. The van der Waals surface area contributed by atoms with Crippen molar-refractivity contribution in [2.45, 2.75) is 6.92 Å². The molecule has 14 heavy (non-hydrogen) atoms. The minimum absolute atomic E-state index is 0.196. The van der Waals surface area contributed by atoms with Gasteiger partial charge in [0.1, 0.15) is 5.82 Å². The maximum atomic E-state index is 12.7. The van der Waals surface area contributed by atoms with E-state index in [1.165, 1.54) is 12.1 Å². The second kappa shape index (κ2) is 4.53. The maximum Gasteiger partial charge on any atom is 0.184 e. The largest absolute Gasteiger partial charge is 0.332 e. The monoisotopic (exact) mass is 209 g/mol. The van der Waals surface area contributed by atoms with Crippen molar-refractivity contribution in [3.63, 3.8) is 0 Å². The molecule has 1 aromatic carbocycles. The molecule has 72 valence electrons. The van der Waals surface area contributed by atoms with Crippen molar-refractivity contribution in [3.8, 4) is 6.19 Å². The van der Waals surface area contributed by atoms with E-state index in [4.69, 9.17) is 17.5 Å². The Morgan fingerprint density at radius 1 is 1.57 bits per heavy atom. The molecule has 0 heterocycles. The zero-order chi connectivity index (χ0) is 10.6. The Morgan fingerprint density at radius 3 is 2.86 bits per heavy atom. The summed E-state index contributed by atoms with van der Waals surface area (Å²) < 4.78 is 12.7. The van der Waals surface area contributed by atoms with Crippen LogP contribution in [-0.4, -0.2) is 5.11 Å². The quantitative estimate of drug-likeness (QED) is 0.421. The van der Waals surface area contributed by atoms with Crippen LogP contribution in [0.4, 0.5) is 10.1 Å². The summed E-state index contributed by atoms with van der Waals surface area (Å²) in [7, 11) is 0. The number of nitrogens with zero attached hydrogens (tertiary/aromatic N) is 1. The van der Waals surface area contributed by atoms with Gasteiger partial charge in [0.2, 0.25) is 0 Å². The first kappa shape index (κ1) is 10.4. The molecular weight excluding hydrogens is 201 g/mol. The van der Waals surface area contributed by atoms with E-state index in [2.05, 4.69) is 10.6 Å². The lowest BCUT2D eigenvalue weighted by Crippen LogP contribution is -2.24. The van der Waals surface area contributed by atoms with Crippen molar-refractivity contribution in [1.29, 1.82) is 5.26 Å². The number of anilines is 1. The molecule has 0 radical (unpaired) electrons. The molecule has 0 atom stereocenters. The van der Waals surface area contributed by atoms with E-state index in [1.807, 2.05) is 0 Å². The van der Waals surface area contributed by atoms with E-state index >= 15 is 0 Å². The maximum absolute atomic E-state index is 12.7. The van der Waals surface area contributed by atoms with Gasteiger partial charge in [0, 0.05) is 5.69 Å². The van der Waals surface area contributed by atoms with Gasteiger partial charge in [-0.05, 0) is 42.9 Å². The average Bonchev–Trinajstić information content (AvgIpc) is 2.10. The molecule has 5 heteroatoms. The molecule has 0 aromatic heterocycles. The molecule has 0 fully saturated rings. The van der Waals surface area contributed by atoms with Crippen molar-refractivity contribution in [3.05, 3.63) is 29.6 Å². The van der Waals surface area contributed by atoms with Crippen LogP contribution in [0.2, 0.25) is 0 Å². The second-order valence-electron chi connectivity index (χ2n) is 2.65. The van der Waals surface area contributed by atoms with Crippen LogP contribution in [0.1, 0.15) is 5.56 Å². The normalized spacial score (nSPS) is 8.93. The fourth-order valence-corrected chi connectivity index (χ4v) is 1.13. The van der Waals surface area contributed by atoms with E-state index in [1.54, 1.807) is 19.2 Å². The van der Waals surface area contributed by atoms with Gasteiger partial charge in [-0.3, -0.25) is 5.32 Å². The van der Waals surface area contributed by atoms with Gasteiger partial charge in [0.15, 0.2) is 11.3 Å². The molecule has 3 nitrogen and oxygen atoms in total. The first-order valence-electron chi connectivity index (χ1n) is 3.85. The lowest BCUT2D eigenvalue weighted by Gasteiger charge is -2.08. The Kier molecular flexibility index (Phi) is 3.37. The molecule has 0 aliphatic rings. The van der Waals surface area contributed by atoms with E-state index in [0.29, 0.717) is 5.69 Å². The highest BCUT2D eigenvalue weighted by Crippen LogP contribution is 2.15. The molecule has 0 saturated carbocycles. The Balaban J connectivity index is 2.78. The summed E-state index contributed by atoms with van der Waals surface area (Å²) in [6.45, 7) is 1.75. The summed E-state index contributed by atoms with van der Waals surface area (Å²) >= 11 is 4.79. The average molecular weight is 209 g/mol. The van der Waals surface area contributed by atoms with Gasteiger partial charge in [-0.2, -0.15) is 5.26 Å². The smallest absolute Gasteiger partial charge is 0.184 e.